The highest BCUT2D eigenvalue weighted by molar-refractivity contribution is 4.74. The maximum absolute atomic E-state index is 5.34. The number of rotatable bonds is 7. The van der Waals surface area contributed by atoms with Crippen molar-refractivity contribution in [1.29, 1.82) is 0 Å². The number of nitrogens with one attached hydrogen (secondary N) is 1. The van der Waals surface area contributed by atoms with Crippen LogP contribution < -0.4 is 5.32 Å². The van der Waals surface area contributed by atoms with Gasteiger partial charge in [-0.25, -0.2) is 0 Å². The van der Waals surface area contributed by atoms with Crippen molar-refractivity contribution < 1.29 is 4.74 Å². The predicted octanol–water partition coefficient (Wildman–Crippen LogP) is 3.36. The number of ether oxygens (including phenoxy) is 1. The highest BCUT2D eigenvalue weighted by Crippen LogP contribution is 2.25. The van der Waals surface area contributed by atoms with Crippen LogP contribution in [-0.4, -0.2) is 25.8 Å². The van der Waals surface area contributed by atoms with Crippen LogP contribution in [0.15, 0.2) is 0 Å². The molecular weight excluding hydrogens is 198 g/mol. The molecule has 1 atom stereocenters. The molecular formula is C14H29NO. The van der Waals surface area contributed by atoms with E-state index < -0.39 is 0 Å². The Bertz CT molecular complexity index is 153. The van der Waals surface area contributed by atoms with Crippen LogP contribution in [0.3, 0.4) is 0 Å². The van der Waals surface area contributed by atoms with E-state index in [1.54, 1.807) is 0 Å². The molecule has 96 valence electrons. The van der Waals surface area contributed by atoms with Crippen LogP contribution in [0.2, 0.25) is 0 Å². The first-order valence-electron chi connectivity index (χ1n) is 7.15. The second-order valence-corrected chi connectivity index (χ2v) is 5.04. The van der Waals surface area contributed by atoms with E-state index in [0.29, 0.717) is 6.04 Å². The van der Waals surface area contributed by atoms with Gasteiger partial charge in [-0.05, 0) is 45.6 Å². The zero-order valence-electron chi connectivity index (χ0n) is 11.1. The minimum absolute atomic E-state index is 0.694. The summed E-state index contributed by atoms with van der Waals surface area (Å²) in [5, 5.41) is 3.66. The molecule has 0 aromatic heterocycles. The average molecular weight is 227 g/mol. The fourth-order valence-electron chi connectivity index (χ4n) is 2.63. The summed E-state index contributed by atoms with van der Waals surface area (Å²) in [4.78, 5) is 0. The SMILES string of the molecule is CCOCCCN[C@H](C)C1CCCCCC1. The summed E-state index contributed by atoms with van der Waals surface area (Å²) in [7, 11) is 0. The normalized spacial score (nSPS) is 20.6. The fraction of sp³-hybridized carbons (Fsp3) is 1.00. The predicted molar refractivity (Wildman–Crippen MR) is 69.8 cm³/mol. The molecule has 1 aliphatic rings. The lowest BCUT2D eigenvalue weighted by molar-refractivity contribution is 0.143. The van der Waals surface area contributed by atoms with Gasteiger partial charge < -0.3 is 10.1 Å². The van der Waals surface area contributed by atoms with Crippen LogP contribution in [0.1, 0.15) is 58.8 Å². The summed E-state index contributed by atoms with van der Waals surface area (Å²) in [6.07, 6.45) is 9.79. The first-order valence-corrected chi connectivity index (χ1v) is 7.15. The Morgan fingerprint density at radius 2 is 1.88 bits per heavy atom. The van der Waals surface area contributed by atoms with Crippen molar-refractivity contribution in [2.75, 3.05) is 19.8 Å². The average Bonchev–Trinajstić information content (AvgIpc) is 2.57. The van der Waals surface area contributed by atoms with E-state index in [0.717, 1.165) is 32.1 Å². The van der Waals surface area contributed by atoms with Crippen LogP contribution in [0, 0.1) is 5.92 Å². The number of hydrogen-bond donors (Lipinski definition) is 1. The van der Waals surface area contributed by atoms with Crippen molar-refractivity contribution in [2.45, 2.75) is 64.8 Å². The van der Waals surface area contributed by atoms with Gasteiger partial charge in [0, 0.05) is 19.3 Å². The third kappa shape index (κ3) is 5.86. The Balaban J connectivity index is 2.05. The summed E-state index contributed by atoms with van der Waals surface area (Å²) in [6, 6.07) is 0.694. The second-order valence-electron chi connectivity index (χ2n) is 5.04. The molecule has 2 heteroatoms. The molecule has 0 heterocycles. The van der Waals surface area contributed by atoms with E-state index in [4.69, 9.17) is 4.74 Å². The lowest BCUT2D eigenvalue weighted by atomic mass is 9.93. The monoisotopic (exact) mass is 227 g/mol. The van der Waals surface area contributed by atoms with Crippen molar-refractivity contribution in [2.24, 2.45) is 5.92 Å². The minimum atomic E-state index is 0.694. The van der Waals surface area contributed by atoms with Crippen molar-refractivity contribution >= 4 is 0 Å². The van der Waals surface area contributed by atoms with Crippen LogP contribution in [-0.2, 0) is 4.74 Å². The zero-order valence-corrected chi connectivity index (χ0v) is 11.1. The standard InChI is InChI=1S/C14H29NO/c1-3-16-12-8-11-15-13(2)14-9-6-4-5-7-10-14/h13-15H,3-12H2,1-2H3/t13-/m1/s1. The van der Waals surface area contributed by atoms with Gasteiger partial charge in [0.05, 0.1) is 0 Å². The van der Waals surface area contributed by atoms with Gasteiger partial charge >= 0.3 is 0 Å². The van der Waals surface area contributed by atoms with Gasteiger partial charge in [0.25, 0.3) is 0 Å². The van der Waals surface area contributed by atoms with E-state index in [1.165, 1.54) is 38.5 Å². The highest BCUT2D eigenvalue weighted by atomic mass is 16.5. The maximum Gasteiger partial charge on any atom is 0.0477 e. The first-order chi connectivity index (χ1) is 7.84. The molecule has 0 radical (unpaired) electrons. The van der Waals surface area contributed by atoms with Crippen molar-refractivity contribution in [1.82, 2.24) is 5.32 Å². The van der Waals surface area contributed by atoms with E-state index in [2.05, 4.69) is 19.2 Å². The minimum Gasteiger partial charge on any atom is -0.382 e. The smallest absolute Gasteiger partial charge is 0.0477 e. The summed E-state index contributed by atoms with van der Waals surface area (Å²) in [5.74, 6) is 0.912. The van der Waals surface area contributed by atoms with Gasteiger partial charge in [-0.1, -0.05) is 25.7 Å². The molecule has 0 bridgehead atoms. The topological polar surface area (TPSA) is 21.3 Å². The second kappa shape index (κ2) is 9.00. The lowest BCUT2D eigenvalue weighted by Gasteiger charge is -2.23. The van der Waals surface area contributed by atoms with Gasteiger partial charge in [0.2, 0.25) is 0 Å². The molecule has 0 aromatic rings. The Morgan fingerprint density at radius 1 is 1.19 bits per heavy atom. The Kier molecular flexibility index (Phi) is 7.87. The van der Waals surface area contributed by atoms with Crippen LogP contribution in [0.5, 0.6) is 0 Å². The van der Waals surface area contributed by atoms with Gasteiger partial charge in [-0.15, -0.1) is 0 Å². The lowest BCUT2D eigenvalue weighted by Crippen LogP contribution is -2.34. The van der Waals surface area contributed by atoms with Crippen molar-refractivity contribution in [3.05, 3.63) is 0 Å². The Hall–Kier alpha value is -0.0800. The van der Waals surface area contributed by atoms with Crippen LogP contribution >= 0.6 is 0 Å². The molecule has 1 fully saturated rings. The molecule has 0 unspecified atom stereocenters. The first kappa shape index (κ1) is 14.0. The molecule has 16 heavy (non-hydrogen) atoms. The summed E-state index contributed by atoms with van der Waals surface area (Å²) < 4.78 is 5.34. The summed E-state index contributed by atoms with van der Waals surface area (Å²) in [5.41, 5.74) is 0. The molecule has 1 saturated carbocycles. The van der Waals surface area contributed by atoms with Crippen molar-refractivity contribution in [3.8, 4) is 0 Å². The van der Waals surface area contributed by atoms with E-state index in [1.807, 2.05) is 0 Å². The van der Waals surface area contributed by atoms with Crippen LogP contribution in [0.4, 0.5) is 0 Å². The van der Waals surface area contributed by atoms with Gasteiger partial charge in [0.1, 0.15) is 0 Å². The molecule has 0 aromatic carbocycles. The molecule has 0 aliphatic heterocycles. The Morgan fingerprint density at radius 3 is 2.50 bits per heavy atom. The molecule has 1 rings (SSSR count). The molecule has 2 nitrogen and oxygen atoms in total. The number of hydrogen-bond acceptors (Lipinski definition) is 2. The highest BCUT2D eigenvalue weighted by Gasteiger charge is 2.17. The third-order valence-corrected chi connectivity index (χ3v) is 3.74. The third-order valence-electron chi connectivity index (χ3n) is 3.74. The van der Waals surface area contributed by atoms with Gasteiger partial charge in [-0.2, -0.15) is 0 Å². The van der Waals surface area contributed by atoms with Gasteiger partial charge in [-0.3, -0.25) is 0 Å². The van der Waals surface area contributed by atoms with E-state index in [-0.39, 0.29) is 0 Å². The zero-order chi connectivity index (χ0) is 11.6. The maximum atomic E-state index is 5.34. The quantitative estimate of drug-likeness (QED) is 0.532. The molecule has 0 saturated heterocycles. The molecule has 0 amide bonds. The Labute approximate surface area is 101 Å². The van der Waals surface area contributed by atoms with E-state index in [9.17, 15) is 0 Å². The molecule has 1 aliphatic carbocycles. The summed E-state index contributed by atoms with van der Waals surface area (Å²) in [6.45, 7) is 7.27. The summed E-state index contributed by atoms with van der Waals surface area (Å²) >= 11 is 0. The van der Waals surface area contributed by atoms with Crippen LogP contribution in [0.25, 0.3) is 0 Å². The fourth-order valence-corrected chi connectivity index (χ4v) is 2.63. The molecule has 1 N–H and O–H groups in total. The van der Waals surface area contributed by atoms with Gasteiger partial charge in [0.15, 0.2) is 0 Å². The van der Waals surface area contributed by atoms with Crippen molar-refractivity contribution in [3.63, 3.8) is 0 Å². The molecule has 0 spiro atoms. The van der Waals surface area contributed by atoms with E-state index >= 15 is 0 Å². The largest absolute Gasteiger partial charge is 0.382 e.